The van der Waals surface area contributed by atoms with Gasteiger partial charge in [-0.15, -0.1) is 0 Å². The molecule has 1 aliphatic carbocycles. The Bertz CT molecular complexity index is 813. The highest BCUT2D eigenvalue weighted by Gasteiger charge is 2.13. The second-order valence-electron chi connectivity index (χ2n) is 7.41. The smallest absolute Gasteiger partial charge is 0.157 e. The van der Waals surface area contributed by atoms with Gasteiger partial charge in [-0.3, -0.25) is 0 Å². The normalized spacial score (nSPS) is 15.9. The molecule has 4 heteroatoms. The molecule has 0 amide bonds. The van der Waals surface area contributed by atoms with Crippen molar-refractivity contribution in [2.45, 2.75) is 46.6 Å². The molecular weight excluding hydrogens is 334 g/mol. The van der Waals surface area contributed by atoms with Crippen LogP contribution in [0.15, 0.2) is 58.8 Å². The van der Waals surface area contributed by atoms with Crippen LogP contribution in [0, 0.1) is 5.92 Å². The summed E-state index contributed by atoms with van der Waals surface area (Å²) in [4.78, 5) is 9.25. The second kappa shape index (κ2) is 9.47. The van der Waals surface area contributed by atoms with Crippen LogP contribution < -0.4 is 5.32 Å². The van der Waals surface area contributed by atoms with E-state index in [1.54, 1.807) is 0 Å². The zero-order chi connectivity index (χ0) is 19.1. The first-order valence-electron chi connectivity index (χ1n) is 9.73. The first kappa shape index (κ1) is 19.3. The van der Waals surface area contributed by atoms with Gasteiger partial charge in [-0.05, 0) is 50.3 Å². The van der Waals surface area contributed by atoms with Gasteiger partial charge in [0.2, 0.25) is 0 Å². The van der Waals surface area contributed by atoms with Gasteiger partial charge in [0.05, 0.1) is 12.3 Å². The molecule has 142 valence electrons. The maximum absolute atomic E-state index is 5.84. The zero-order valence-electron chi connectivity index (χ0n) is 16.5. The number of nitrogens with one attached hydrogen (secondary N) is 1. The third kappa shape index (κ3) is 5.76. The van der Waals surface area contributed by atoms with Crippen LogP contribution in [0.2, 0.25) is 0 Å². The Hall–Kier alpha value is -2.46. The maximum Gasteiger partial charge on any atom is 0.157 e. The monoisotopic (exact) mass is 363 g/mol. The molecule has 0 unspecified atom stereocenters. The molecule has 27 heavy (non-hydrogen) atoms. The Morgan fingerprint density at radius 1 is 1.22 bits per heavy atom. The van der Waals surface area contributed by atoms with Crippen molar-refractivity contribution in [3.8, 4) is 0 Å². The fraction of sp³-hybridized carbons (Fsp3) is 0.391. The van der Waals surface area contributed by atoms with Crippen LogP contribution in [0.25, 0.3) is 0 Å². The molecule has 1 N–H and O–H groups in total. The minimum Gasteiger partial charge on any atom is -0.375 e. The van der Waals surface area contributed by atoms with Gasteiger partial charge in [-0.25, -0.2) is 9.98 Å². The molecular formula is C23H29N3O. The van der Waals surface area contributed by atoms with E-state index >= 15 is 0 Å². The quantitative estimate of drug-likeness (QED) is 0.636. The molecule has 0 bridgehead atoms. The molecule has 3 rings (SSSR count). The summed E-state index contributed by atoms with van der Waals surface area (Å²) in [6.45, 7) is 7.80. The van der Waals surface area contributed by atoms with Gasteiger partial charge in [-0.1, -0.05) is 43.7 Å². The number of nitrogens with zero attached hydrogens (tertiary/aromatic N) is 2. The lowest BCUT2D eigenvalue weighted by atomic mass is 10.1. The van der Waals surface area contributed by atoms with Crippen LogP contribution in [0.3, 0.4) is 0 Å². The van der Waals surface area contributed by atoms with Crippen LogP contribution in [0.1, 0.15) is 44.9 Å². The average Bonchev–Trinajstić information content (AvgIpc) is 2.99. The first-order chi connectivity index (χ1) is 13.1. The van der Waals surface area contributed by atoms with Crippen molar-refractivity contribution in [2.75, 3.05) is 11.9 Å². The highest BCUT2D eigenvalue weighted by atomic mass is 16.5. The Morgan fingerprint density at radius 3 is 2.96 bits per heavy atom. The molecule has 0 saturated heterocycles. The van der Waals surface area contributed by atoms with Gasteiger partial charge in [0.25, 0.3) is 0 Å². The van der Waals surface area contributed by atoms with Crippen molar-refractivity contribution in [2.24, 2.45) is 10.9 Å². The van der Waals surface area contributed by atoms with Crippen molar-refractivity contribution in [1.82, 2.24) is 4.98 Å². The van der Waals surface area contributed by atoms with Crippen molar-refractivity contribution in [3.05, 3.63) is 65.1 Å². The molecule has 0 spiro atoms. The van der Waals surface area contributed by atoms with Gasteiger partial charge in [-0.2, -0.15) is 0 Å². The van der Waals surface area contributed by atoms with Crippen molar-refractivity contribution in [1.29, 1.82) is 0 Å². The molecule has 1 aliphatic heterocycles. The van der Waals surface area contributed by atoms with Gasteiger partial charge in [0.15, 0.2) is 5.82 Å². The molecule has 2 heterocycles. The number of ether oxygens (including phenoxy) is 1. The Balaban J connectivity index is 1.81. The molecule has 1 aromatic rings. The predicted octanol–water partition coefficient (Wildman–Crippen LogP) is 5.66. The number of hydrogen-bond donors (Lipinski definition) is 1. The molecule has 4 nitrogen and oxygen atoms in total. The minimum absolute atomic E-state index is 0.507. The molecule has 1 aromatic heterocycles. The van der Waals surface area contributed by atoms with Crippen LogP contribution in [0.4, 0.5) is 11.5 Å². The fourth-order valence-electron chi connectivity index (χ4n) is 2.94. The number of allylic oxidation sites excluding steroid dienone is 7. The summed E-state index contributed by atoms with van der Waals surface area (Å²) in [6, 6.07) is 2.10. The molecule has 0 fully saturated rings. The molecule has 0 atom stereocenters. The summed E-state index contributed by atoms with van der Waals surface area (Å²) < 4.78 is 5.84. The molecule has 0 saturated carbocycles. The van der Waals surface area contributed by atoms with Gasteiger partial charge in [0, 0.05) is 29.8 Å². The SMILES string of the molecule is CC1=CCC=C(Nc2cc(COCCC(C)C)nc3c2CC=CC=N3)C=C1. The van der Waals surface area contributed by atoms with E-state index in [4.69, 9.17) is 9.72 Å². The Morgan fingerprint density at radius 2 is 2.11 bits per heavy atom. The summed E-state index contributed by atoms with van der Waals surface area (Å²) in [7, 11) is 0. The van der Waals surface area contributed by atoms with Crippen LogP contribution in [-0.4, -0.2) is 17.8 Å². The van der Waals surface area contributed by atoms with Gasteiger partial charge >= 0.3 is 0 Å². The summed E-state index contributed by atoms with van der Waals surface area (Å²) >= 11 is 0. The third-order valence-electron chi connectivity index (χ3n) is 4.57. The van der Waals surface area contributed by atoms with Gasteiger partial charge < -0.3 is 10.1 Å². The topological polar surface area (TPSA) is 46.5 Å². The Kier molecular flexibility index (Phi) is 6.77. The van der Waals surface area contributed by atoms with Crippen molar-refractivity contribution in [3.63, 3.8) is 0 Å². The zero-order valence-corrected chi connectivity index (χ0v) is 16.5. The number of aliphatic imine (C=N–C) groups is 1. The average molecular weight is 364 g/mol. The molecule has 0 aromatic carbocycles. The van der Waals surface area contributed by atoms with E-state index in [1.807, 2.05) is 12.3 Å². The molecule has 2 aliphatic rings. The fourth-order valence-corrected chi connectivity index (χ4v) is 2.94. The summed E-state index contributed by atoms with van der Waals surface area (Å²) in [6.07, 6.45) is 17.4. The van der Waals surface area contributed by atoms with Crippen molar-refractivity contribution >= 4 is 17.7 Å². The van der Waals surface area contributed by atoms with E-state index in [-0.39, 0.29) is 0 Å². The van der Waals surface area contributed by atoms with Gasteiger partial charge in [0.1, 0.15) is 0 Å². The second-order valence-corrected chi connectivity index (χ2v) is 7.41. The number of aromatic nitrogens is 1. The summed E-state index contributed by atoms with van der Waals surface area (Å²) in [5, 5.41) is 3.58. The number of anilines is 1. The highest BCUT2D eigenvalue weighted by molar-refractivity contribution is 5.78. The van der Waals surface area contributed by atoms with Crippen molar-refractivity contribution < 1.29 is 4.74 Å². The summed E-state index contributed by atoms with van der Waals surface area (Å²) in [5.41, 5.74) is 5.46. The summed E-state index contributed by atoms with van der Waals surface area (Å²) in [5.74, 6) is 1.42. The van der Waals surface area contributed by atoms with E-state index in [1.165, 1.54) is 5.57 Å². The van der Waals surface area contributed by atoms with Crippen LogP contribution in [0.5, 0.6) is 0 Å². The first-order valence-corrected chi connectivity index (χ1v) is 9.73. The van der Waals surface area contributed by atoms with E-state index < -0.39 is 0 Å². The number of pyridine rings is 1. The van der Waals surface area contributed by atoms with E-state index in [9.17, 15) is 0 Å². The third-order valence-corrected chi connectivity index (χ3v) is 4.57. The Labute approximate surface area is 162 Å². The van der Waals surface area contributed by atoms with Crippen LogP contribution in [-0.2, 0) is 17.8 Å². The maximum atomic E-state index is 5.84. The lowest BCUT2D eigenvalue weighted by Crippen LogP contribution is -2.06. The van der Waals surface area contributed by atoms with Crippen LogP contribution >= 0.6 is 0 Å². The number of hydrogen-bond acceptors (Lipinski definition) is 4. The van der Waals surface area contributed by atoms with E-state index in [0.717, 1.165) is 54.3 Å². The van der Waals surface area contributed by atoms with E-state index in [2.05, 4.69) is 67.5 Å². The number of fused-ring (bicyclic) bond motifs is 1. The molecule has 0 radical (unpaired) electrons. The minimum atomic E-state index is 0.507. The van der Waals surface area contributed by atoms with E-state index in [0.29, 0.717) is 12.5 Å². The predicted molar refractivity (Wildman–Crippen MR) is 114 cm³/mol. The lowest BCUT2D eigenvalue weighted by molar-refractivity contribution is 0.108. The number of rotatable bonds is 7. The standard InChI is InChI=1S/C23H29N3O/c1-17(2)12-14-27-16-20-15-22(21-9-4-5-13-24-23(21)26-20)25-19-8-6-7-18(3)10-11-19/h4-5,7-8,10-11,13,15,17H,6,9,12,14,16H2,1-3H3,(H,25,26). The highest BCUT2D eigenvalue weighted by Crippen LogP contribution is 2.30. The largest absolute Gasteiger partial charge is 0.375 e. The lowest BCUT2D eigenvalue weighted by Gasteiger charge is -2.15.